The van der Waals surface area contributed by atoms with Crippen LogP contribution in [0, 0.1) is 17.8 Å². The summed E-state index contributed by atoms with van der Waals surface area (Å²) < 4.78 is 0. The smallest absolute Gasteiger partial charge is 0.0751 e. The first-order valence-corrected chi connectivity index (χ1v) is 12.4. The van der Waals surface area contributed by atoms with Gasteiger partial charge in [0.25, 0.3) is 0 Å². The second-order valence-electron chi connectivity index (χ2n) is 9.84. The Morgan fingerprint density at radius 2 is 1.81 bits per heavy atom. The van der Waals surface area contributed by atoms with Crippen LogP contribution >= 0.6 is 0 Å². The molecule has 0 aliphatic heterocycles. The Labute approximate surface area is 194 Å². The lowest BCUT2D eigenvalue weighted by molar-refractivity contribution is 0.0375. The minimum atomic E-state index is -0.679. The summed E-state index contributed by atoms with van der Waals surface area (Å²) in [6.07, 6.45) is 10.8. The van der Waals surface area contributed by atoms with Gasteiger partial charge in [0.05, 0.1) is 17.8 Å². The highest BCUT2D eigenvalue weighted by Crippen LogP contribution is 2.41. The maximum absolute atomic E-state index is 10.5. The van der Waals surface area contributed by atoms with E-state index >= 15 is 0 Å². The third kappa shape index (κ3) is 6.58. The fraction of sp³-hybridized carbons (Fsp3) is 0.586. The lowest BCUT2D eigenvalue weighted by Crippen LogP contribution is -2.25. The fourth-order valence-corrected chi connectivity index (χ4v) is 5.14. The molecular weight excluding hydrogens is 396 g/mol. The third-order valence-electron chi connectivity index (χ3n) is 7.52. The van der Waals surface area contributed by atoms with Crippen molar-refractivity contribution < 1.29 is 15.3 Å². The van der Waals surface area contributed by atoms with Gasteiger partial charge in [-0.05, 0) is 80.9 Å². The van der Waals surface area contributed by atoms with Crippen LogP contribution in [0.3, 0.4) is 0 Å². The molecule has 0 unspecified atom stereocenters. The number of aliphatic hydroxyl groups excluding tert-OH is 2. The van der Waals surface area contributed by atoms with Gasteiger partial charge in [0, 0.05) is 12.0 Å². The van der Waals surface area contributed by atoms with Crippen LogP contribution in [0.2, 0.25) is 0 Å². The highest BCUT2D eigenvalue weighted by Gasteiger charge is 2.27. The second kappa shape index (κ2) is 11.3. The molecular formula is C29H40O3. The Bertz CT molecular complexity index is 869. The zero-order valence-corrected chi connectivity index (χ0v) is 20.0. The average Bonchev–Trinajstić information content (AvgIpc) is 2.78. The van der Waals surface area contributed by atoms with Crippen LogP contribution in [0.15, 0.2) is 47.6 Å². The van der Waals surface area contributed by atoms with Crippen LogP contribution in [-0.2, 0) is 0 Å². The molecule has 3 N–H and O–H groups in total. The molecule has 2 aliphatic rings. The van der Waals surface area contributed by atoms with E-state index in [4.69, 9.17) is 0 Å². The molecule has 0 spiro atoms. The largest absolute Gasteiger partial charge is 0.393 e. The van der Waals surface area contributed by atoms with Crippen molar-refractivity contribution in [2.75, 3.05) is 0 Å². The van der Waals surface area contributed by atoms with Crippen LogP contribution in [0.5, 0.6) is 0 Å². The van der Waals surface area contributed by atoms with Gasteiger partial charge in [0.1, 0.15) is 0 Å². The van der Waals surface area contributed by atoms with Crippen molar-refractivity contribution in [1.82, 2.24) is 0 Å². The standard InChI is InChI=1S/C29H40O3/c1-4-29(32,5-2)16-8-10-22-9-6-12-25(17-22)28-13-7-11-24(21(28)3)15-14-23-18-26(30)20-27(31)19-23/h6,9,12,14-15,17,21,26-28,30-32H,4-5,7,11,13,16,18-20H2,1-3H3/b24-15+/t21-,26+,27+,28-/m0/s1. The molecule has 0 aromatic heterocycles. The van der Waals surface area contributed by atoms with E-state index < -0.39 is 17.8 Å². The number of hydrogen-bond donors (Lipinski definition) is 3. The summed E-state index contributed by atoms with van der Waals surface area (Å²) in [6, 6.07) is 8.60. The summed E-state index contributed by atoms with van der Waals surface area (Å²) in [6.45, 7) is 6.34. The number of aliphatic hydroxyl groups is 3. The average molecular weight is 437 g/mol. The molecule has 174 valence electrons. The van der Waals surface area contributed by atoms with Gasteiger partial charge in [-0.1, -0.05) is 68.0 Å². The molecule has 4 atom stereocenters. The van der Waals surface area contributed by atoms with Gasteiger partial charge >= 0.3 is 0 Å². The molecule has 2 fully saturated rings. The van der Waals surface area contributed by atoms with Crippen LogP contribution in [-0.4, -0.2) is 33.1 Å². The molecule has 2 aliphatic carbocycles. The summed E-state index contributed by atoms with van der Waals surface area (Å²) in [7, 11) is 0. The summed E-state index contributed by atoms with van der Waals surface area (Å²) >= 11 is 0. The van der Waals surface area contributed by atoms with Crippen LogP contribution < -0.4 is 0 Å². The first-order chi connectivity index (χ1) is 15.3. The van der Waals surface area contributed by atoms with E-state index in [-0.39, 0.29) is 0 Å². The molecule has 0 amide bonds. The Hall–Kier alpha value is -1.86. The molecule has 0 heterocycles. The molecule has 1 aromatic carbocycles. The van der Waals surface area contributed by atoms with E-state index in [0.29, 0.717) is 37.5 Å². The maximum Gasteiger partial charge on any atom is 0.0751 e. The van der Waals surface area contributed by atoms with Crippen molar-refractivity contribution in [2.24, 2.45) is 5.92 Å². The van der Waals surface area contributed by atoms with E-state index in [1.807, 2.05) is 13.8 Å². The lowest BCUT2D eigenvalue weighted by Gasteiger charge is -2.32. The SMILES string of the molecule is CCC(O)(CC)CC#Cc1cccc([C@H]2CCC/C(=C\C=C3C[C@@H](O)C[C@H](O)C3)[C@@H]2C)c1. The molecule has 0 radical (unpaired) electrons. The van der Waals surface area contributed by atoms with Gasteiger partial charge in [0.15, 0.2) is 0 Å². The number of allylic oxidation sites excluding steroid dienone is 3. The van der Waals surface area contributed by atoms with Gasteiger partial charge < -0.3 is 15.3 Å². The highest BCUT2D eigenvalue weighted by molar-refractivity contribution is 5.40. The van der Waals surface area contributed by atoms with E-state index in [1.54, 1.807) is 0 Å². The Morgan fingerprint density at radius 3 is 2.50 bits per heavy atom. The van der Waals surface area contributed by atoms with Crippen molar-refractivity contribution in [2.45, 2.75) is 102 Å². The molecule has 1 aromatic rings. The normalized spacial score (nSPS) is 27.7. The van der Waals surface area contributed by atoms with Gasteiger partial charge in [-0.25, -0.2) is 0 Å². The zero-order valence-electron chi connectivity index (χ0n) is 20.0. The number of rotatable bonds is 5. The summed E-state index contributed by atoms with van der Waals surface area (Å²) in [5.41, 5.74) is 4.28. The van der Waals surface area contributed by atoms with Gasteiger partial charge in [-0.2, -0.15) is 0 Å². The first-order valence-electron chi connectivity index (χ1n) is 12.4. The summed E-state index contributed by atoms with van der Waals surface area (Å²) in [4.78, 5) is 0. The molecule has 0 saturated heterocycles. The van der Waals surface area contributed by atoms with Crippen molar-refractivity contribution in [3.05, 3.63) is 58.7 Å². The highest BCUT2D eigenvalue weighted by atomic mass is 16.3. The van der Waals surface area contributed by atoms with Crippen LogP contribution in [0.1, 0.15) is 95.6 Å². The Morgan fingerprint density at radius 1 is 1.09 bits per heavy atom. The molecule has 0 bridgehead atoms. The molecule has 2 saturated carbocycles. The fourth-order valence-electron chi connectivity index (χ4n) is 5.14. The van der Waals surface area contributed by atoms with Gasteiger partial charge in [-0.15, -0.1) is 0 Å². The van der Waals surface area contributed by atoms with E-state index in [0.717, 1.165) is 30.4 Å². The number of benzene rings is 1. The molecule has 3 nitrogen and oxygen atoms in total. The quantitative estimate of drug-likeness (QED) is 0.523. The predicted octanol–water partition coefficient (Wildman–Crippen LogP) is 5.64. The monoisotopic (exact) mass is 436 g/mol. The predicted molar refractivity (Wildman–Crippen MR) is 131 cm³/mol. The second-order valence-corrected chi connectivity index (χ2v) is 9.84. The summed E-state index contributed by atoms with van der Waals surface area (Å²) in [5.74, 6) is 7.39. The lowest BCUT2D eigenvalue weighted by atomic mass is 9.73. The van der Waals surface area contributed by atoms with Crippen molar-refractivity contribution in [3.63, 3.8) is 0 Å². The van der Waals surface area contributed by atoms with Crippen LogP contribution in [0.4, 0.5) is 0 Å². The van der Waals surface area contributed by atoms with E-state index in [9.17, 15) is 15.3 Å². The Kier molecular flexibility index (Phi) is 8.77. The number of hydrogen-bond acceptors (Lipinski definition) is 3. The van der Waals surface area contributed by atoms with E-state index in [2.05, 4.69) is 55.2 Å². The molecule has 32 heavy (non-hydrogen) atoms. The Balaban J connectivity index is 1.72. The van der Waals surface area contributed by atoms with Gasteiger partial charge in [-0.3, -0.25) is 0 Å². The minimum absolute atomic E-state index is 0.422. The van der Waals surface area contributed by atoms with Crippen LogP contribution in [0.25, 0.3) is 0 Å². The topological polar surface area (TPSA) is 60.7 Å². The third-order valence-corrected chi connectivity index (χ3v) is 7.52. The zero-order chi connectivity index (χ0) is 23.1. The minimum Gasteiger partial charge on any atom is -0.393 e. The maximum atomic E-state index is 10.5. The van der Waals surface area contributed by atoms with Crippen molar-refractivity contribution in [3.8, 4) is 11.8 Å². The van der Waals surface area contributed by atoms with Crippen molar-refractivity contribution >= 4 is 0 Å². The molecule has 3 heteroatoms. The summed E-state index contributed by atoms with van der Waals surface area (Å²) in [5, 5.41) is 30.3. The van der Waals surface area contributed by atoms with E-state index in [1.165, 1.54) is 24.0 Å². The van der Waals surface area contributed by atoms with Crippen molar-refractivity contribution in [1.29, 1.82) is 0 Å². The molecule has 3 rings (SSSR count). The van der Waals surface area contributed by atoms with Gasteiger partial charge in [0.2, 0.25) is 0 Å². The first kappa shape index (κ1) is 24.8.